The van der Waals surface area contributed by atoms with E-state index in [2.05, 4.69) is 20.9 Å². The standard InChI is InChI=1S/C10H8BrClN2O2/c1-5-8(10(15)16-2)14-4-6(11)3-7(12)9(14)13-5/h3-4H,1-2H3. The van der Waals surface area contributed by atoms with Crippen LogP contribution in [0.15, 0.2) is 16.7 Å². The fourth-order valence-electron chi connectivity index (χ4n) is 1.53. The maximum Gasteiger partial charge on any atom is 0.356 e. The van der Waals surface area contributed by atoms with Crippen molar-refractivity contribution in [3.63, 3.8) is 0 Å². The predicted molar refractivity (Wildman–Crippen MR) is 64.0 cm³/mol. The molecule has 2 aromatic heterocycles. The first kappa shape index (κ1) is 11.4. The molecule has 2 aromatic rings. The van der Waals surface area contributed by atoms with Gasteiger partial charge in [0.1, 0.15) is 0 Å². The van der Waals surface area contributed by atoms with Crippen molar-refractivity contribution < 1.29 is 9.53 Å². The van der Waals surface area contributed by atoms with Gasteiger partial charge in [-0.15, -0.1) is 0 Å². The zero-order valence-corrected chi connectivity index (χ0v) is 11.0. The summed E-state index contributed by atoms with van der Waals surface area (Å²) in [6, 6.07) is 1.73. The summed E-state index contributed by atoms with van der Waals surface area (Å²) in [4.78, 5) is 15.8. The second-order valence-corrected chi connectivity index (χ2v) is 4.56. The van der Waals surface area contributed by atoms with Crippen LogP contribution in [0.5, 0.6) is 0 Å². The number of hydrogen-bond donors (Lipinski definition) is 0. The van der Waals surface area contributed by atoms with Gasteiger partial charge in [-0.05, 0) is 28.9 Å². The number of pyridine rings is 1. The Balaban J connectivity index is 2.83. The Kier molecular flexibility index (Phi) is 2.90. The Bertz CT molecular complexity index is 580. The topological polar surface area (TPSA) is 43.6 Å². The number of hydrogen-bond acceptors (Lipinski definition) is 3. The molecule has 0 N–H and O–H groups in total. The number of carbonyl (C=O) groups excluding carboxylic acids is 1. The van der Waals surface area contributed by atoms with Gasteiger partial charge in [0.05, 0.1) is 17.8 Å². The lowest BCUT2D eigenvalue weighted by Crippen LogP contribution is -2.07. The maximum absolute atomic E-state index is 11.6. The van der Waals surface area contributed by atoms with Crippen molar-refractivity contribution in [3.8, 4) is 0 Å². The van der Waals surface area contributed by atoms with Crippen molar-refractivity contribution in [2.45, 2.75) is 6.92 Å². The molecule has 6 heteroatoms. The zero-order chi connectivity index (χ0) is 11.9. The summed E-state index contributed by atoms with van der Waals surface area (Å²) in [7, 11) is 1.33. The quantitative estimate of drug-likeness (QED) is 0.761. The highest BCUT2D eigenvalue weighted by Crippen LogP contribution is 2.24. The Morgan fingerprint density at radius 3 is 2.94 bits per heavy atom. The van der Waals surface area contributed by atoms with E-state index in [1.165, 1.54) is 7.11 Å². The molecule has 0 aliphatic heterocycles. The smallest absolute Gasteiger partial charge is 0.356 e. The lowest BCUT2D eigenvalue weighted by molar-refractivity contribution is 0.0592. The predicted octanol–water partition coefficient (Wildman–Crippen LogP) is 2.85. The Hall–Kier alpha value is -1.07. The number of ether oxygens (including phenoxy) is 1. The summed E-state index contributed by atoms with van der Waals surface area (Å²) in [6.07, 6.45) is 1.73. The monoisotopic (exact) mass is 302 g/mol. The van der Waals surface area contributed by atoms with Crippen LogP contribution in [0, 0.1) is 6.92 Å². The number of methoxy groups -OCH3 is 1. The van der Waals surface area contributed by atoms with Gasteiger partial charge in [0.25, 0.3) is 0 Å². The van der Waals surface area contributed by atoms with Gasteiger partial charge < -0.3 is 4.74 Å². The summed E-state index contributed by atoms with van der Waals surface area (Å²) in [5.41, 5.74) is 1.52. The SMILES string of the molecule is COC(=O)c1c(C)nc2c(Cl)cc(Br)cn12. The number of aromatic nitrogens is 2. The van der Waals surface area contributed by atoms with E-state index < -0.39 is 5.97 Å². The van der Waals surface area contributed by atoms with E-state index in [0.717, 1.165) is 4.47 Å². The molecular weight excluding hydrogens is 295 g/mol. The van der Waals surface area contributed by atoms with Gasteiger partial charge in [0.2, 0.25) is 0 Å². The fraction of sp³-hybridized carbons (Fsp3) is 0.200. The van der Waals surface area contributed by atoms with Crippen LogP contribution in [-0.4, -0.2) is 22.5 Å². The molecule has 2 heterocycles. The zero-order valence-electron chi connectivity index (χ0n) is 8.62. The van der Waals surface area contributed by atoms with Gasteiger partial charge in [0.15, 0.2) is 11.3 Å². The van der Waals surface area contributed by atoms with E-state index in [-0.39, 0.29) is 0 Å². The molecule has 0 aliphatic carbocycles. The average Bonchev–Trinajstić information content (AvgIpc) is 2.54. The van der Waals surface area contributed by atoms with Crippen LogP contribution in [0.4, 0.5) is 0 Å². The van der Waals surface area contributed by atoms with Crippen molar-refractivity contribution in [2.75, 3.05) is 7.11 Å². The number of nitrogens with zero attached hydrogens (tertiary/aromatic N) is 2. The maximum atomic E-state index is 11.6. The molecule has 0 saturated carbocycles. The summed E-state index contributed by atoms with van der Waals surface area (Å²) in [5, 5.41) is 0.479. The Morgan fingerprint density at radius 2 is 2.31 bits per heavy atom. The van der Waals surface area contributed by atoms with E-state index in [4.69, 9.17) is 16.3 Å². The Labute approximate surface area is 105 Å². The lowest BCUT2D eigenvalue weighted by Gasteiger charge is -2.02. The number of fused-ring (bicyclic) bond motifs is 1. The van der Waals surface area contributed by atoms with Crippen LogP contribution >= 0.6 is 27.5 Å². The van der Waals surface area contributed by atoms with Crippen molar-refractivity contribution in [3.05, 3.63) is 33.1 Å². The molecule has 0 aliphatic rings. The van der Waals surface area contributed by atoms with E-state index in [1.807, 2.05) is 0 Å². The van der Waals surface area contributed by atoms with Crippen LogP contribution in [0.25, 0.3) is 5.65 Å². The van der Waals surface area contributed by atoms with Gasteiger partial charge in [-0.1, -0.05) is 11.6 Å². The molecular formula is C10H8BrClN2O2. The van der Waals surface area contributed by atoms with Crippen LogP contribution in [0.2, 0.25) is 5.02 Å². The number of carbonyl (C=O) groups is 1. The summed E-state index contributed by atoms with van der Waals surface area (Å²) in [6.45, 7) is 1.74. The van der Waals surface area contributed by atoms with Crippen LogP contribution in [-0.2, 0) is 4.74 Å². The molecule has 2 rings (SSSR count). The van der Waals surface area contributed by atoms with Gasteiger partial charge in [-0.25, -0.2) is 9.78 Å². The first-order valence-electron chi connectivity index (χ1n) is 4.46. The third kappa shape index (κ3) is 1.70. The van der Waals surface area contributed by atoms with Gasteiger partial charge in [0, 0.05) is 10.7 Å². The highest BCUT2D eigenvalue weighted by atomic mass is 79.9. The molecule has 0 fully saturated rings. The summed E-state index contributed by atoms with van der Waals surface area (Å²) in [5.74, 6) is -0.431. The molecule has 16 heavy (non-hydrogen) atoms. The summed E-state index contributed by atoms with van der Waals surface area (Å²) < 4.78 is 7.09. The number of imidazole rings is 1. The largest absolute Gasteiger partial charge is 0.464 e. The van der Waals surface area contributed by atoms with Crippen LogP contribution < -0.4 is 0 Å². The highest BCUT2D eigenvalue weighted by molar-refractivity contribution is 9.10. The molecule has 0 atom stereocenters. The lowest BCUT2D eigenvalue weighted by atomic mass is 10.3. The number of halogens is 2. The minimum Gasteiger partial charge on any atom is -0.464 e. The van der Waals surface area contributed by atoms with Crippen molar-refractivity contribution in [2.24, 2.45) is 0 Å². The number of esters is 1. The van der Waals surface area contributed by atoms with E-state index in [1.54, 1.807) is 23.6 Å². The van der Waals surface area contributed by atoms with Crippen molar-refractivity contribution in [1.82, 2.24) is 9.38 Å². The molecule has 4 nitrogen and oxygen atoms in total. The van der Waals surface area contributed by atoms with E-state index in [9.17, 15) is 4.79 Å². The van der Waals surface area contributed by atoms with Gasteiger partial charge in [-0.3, -0.25) is 4.40 Å². The summed E-state index contributed by atoms with van der Waals surface area (Å²) >= 11 is 9.34. The highest BCUT2D eigenvalue weighted by Gasteiger charge is 2.18. The minimum atomic E-state index is -0.431. The first-order chi connectivity index (χ1) is 7.54. The number of rotatable bonds is 1. The van der Waals surface area contributed by atoms with Gasteiger partial charge >= 0.3 is 5.97 Å². The minimum absolute atomic E-state index is 0.390. The second-order valence-electron chi connectivity index (χ2n) is 3.24. The normalized spacial score (nSPS) is 10.8. The molecule has 0 aromatic carbocycles. The number of aryl methyl sites for hydroxylation is 1. The molecule has 0 unspecified atom stereocenters. The van der Waals surface area contributed by atoms with E-state index >= 15 is 0 Å². The van der Waals surface area contributed by atoms with Crippen molar-refractivity contribution in [1.29, 1.82) is 0 Å². The molecule has 84 valence electrons. The molecule has 0 bridgehead atoms. The molecule has 0 amide bonds. The molecule has 0 saturated heterocycles. The second kappa shape index (κ2) is 4.07. The van der Waals surface area contributed by atoms with Crippen LogP contribution in [0.1, 0.15) is 16.2 Å². The van der Waals surface area contributed by atoms with Crippen molar-refractivity contribution >= 4 is 39.1 Å². The van der Waals surface area contributed by atoms with Crippen LogP contribution in [0.3, 0.4) is 0 Å². The third-order valence-electron chi connectivity index (χ3n) is 2.19. The average molecular weight is 304 g/mol. The molecule has 0 spiro atoms. The van der Waals surface area contributed by atoms with E-state index in [0.29, 0.717) is 22.1 Å². The van der Waals surface area contributed by atoms with Gasteiger partial charge in [-0.2, -0.15) is 0 Å². The Morgan fingerprint density at radius 1 is 1.62 bits per heavy atom. The third-order valence-corrected chi connectivity index (χ3v) is 2.91. The fourth-order valence-corrected chi connectivity index (χ4v) is 2.35. The first-order valence-corrected chi connectivity index (χ1v) is 5.63. The molecule has 0 radical (unpaired) electrons.